The smallest absolute Gasteiger partial charge is 0.130 e. The van der Waals surface area contributed by atoms with E-state index in [0.29, 0.717) is 0 Å². The third kappa shape index (κ3) is 4.90. The highest BCUT2D eigenvalue weighted by Crippen LogP contribution is 2.30. The second-order valence-corrected chi connectivity index (χ2v) is 5.43. The number of rotatable bonds is 6. The fraction of sp³-hybridized carbons (Fsp3) is 0.625. The molecule has 0 radical (unpaired) electrons. The Labute approximate surface area is 132 Å². The molecule has 2 rings (SSSR count). The number of nitrogens with zero attached hydrogens (tertiary/aromatic N) is 1. The van der Waals surface area contributed by atoms with Gasteiger partial charge in [0, 0.05) is 37.8 Å². The Balaban J connectivity index is 0.00000220. The van der Waals surface area contributed by atoms with Crippen molar-refractivity contribution < 1.29 is 8.78 Å². The monoisotopic (exact) mass is 318 g/mol. The van der Waals surface area contributed by atoms with Crippen LogP contribution in [-0.4, -0.2) is 31.1 Å². The minimum Gasteiger partial charge on any atom is -0.314 e. The first-order valence-corrected chi connectivity index (χ1v) is 7.62. The van der Waals surface area contributed by atoms with Gasteiger partial charge >= 0.3 is 0 Å². The molecule has 1 aromatic carbocycles. The van der Waals surface area contributed by atoms with Crippen LogP contribution in [0.15, 0.2) is 18.2 Å². The van der Waals surface area contributed by atoms with Crippen LogP contribution >= 0.6 is 12.4 Å². The SMILES string of the molecule is CCCCC[C@H](c1c(F)cccc1F)N1CCNCC1.Cl. The molecule has 0 saturated carbocycles. The number of piperazine rings is 1. The highest BCUT2D eigenvalue weighted by atomic mass is 35.5. The lowest BCUT2D eigenvalue weighted by molar-refractivity contribution is 0.156. The van der Waals surface area contributed by atoms with Gasteiger partial charge in [-0.15, -0.1) is 12.4 Å². The van der Waals surface area contributed by atoms with Crippen molar-refractivity contribution in [2.45, 2.75) is 38.6 Å². The predicted molar refractivity (Wildman–Crippen MR) is 84.9 cm³/mol. The maximum atomic E-state index is 14.1. The summed E-state index contributed by atoms with van der Waals surface area (Å²) in [6, 6.07) is 4.04. The molecule has 1 N–H and O–H groups in total. The highest BCUT2D eigenvalue weighted by Gasteiger charge is 2.26. The number of halogens is 3. The standard InChI is InChI=1S/C16H24F2N2.ClH/c1-2-3-4-8-15(20-11-9-19-10-12-20)16-13(17)6-5-7-14(16)18;/h5-7,15,19H,2-4,8-12H2,1H3;1H/t15-;/m1./s1. The average Bonchev–Trinajstić information content (AvgIpc) is 2.46. The van der Waals surface area contributed by atoms with Crippen LogP contribution in [0.2, 0.25) is 0 Å². The summed E-state index contributed by atoms with van der Waals surface area (Å²) in [5, 5.41) is 3.29. The van der Waals surface area contributed by atoms with Gasteiger partial charge in [-0.05, 0) is 18.6 Å². The number of unbranched alkanes of at least 4 members (excludes halogenated alkanes) is 2. The summed E-state index contributed by atoms with van der Waals surface area (Å²) in [5.41, 5.74) is 0.255. The van der Waals surface area contributed by atoms with Gasteiger partial charge in [0.05, 0.1) is 0 Å². The third-order valence-corrected chi connectivity index (χ3v) is 4.01. The van der Waals surface area contributed by atoms with E-state index in [9.17, 15) is 8.78 Å². The molecule has 120 valence electrons. The van der Waals surface area contributed by atoms with E-state index in [1.807, 2.05) is 0 Å². The molecule has 0 spiro atoms. The fourth-order valence-corrected chi connectivity index (χ4v) is 2.92. The molecule has 1 heterocycles. The molecule has 0 amide bonds. The van der Waals surface area contributed by atoms with Crippen LogP contribution in [-0.2, 0) is 0 Å². The van der Waals surface area contributed by atoms with E-state index in [-0.39, 0.29) is 24.0 Å². The molecule has 1 saturated heterocycles. The minimum atomic E-state index is -0.412. The van der Waals surface area contributed by atoms with Crippen molar-refractivity contribution in [3.63, 3.8) is 0 Å². The van der Waals surface area contributed by atoms with Crippen molar-refractivity contribution in [3.05, 3.63) is 35.4 Å². The zero-order valence-corrected chi connectivity index (χ0v) is 13.4. The second-order valence-electron chi connectivity index (χ2n) is 5.43. The first-order valence-electron chi connectivity index (χ1n) is 7.62. The molecule has 0 bridgehead atoms. The number of hydrogen-bond donors (Lipinski definition) is 1. The molecule has 1 aliphatic rings. The lowest BCUT2D eigenvalue weighted by Gasteiger charge is -2.35. The van der Waals surface area contributed by atoms with Gasteiger partial charge in [0.25, 0.3) is 0 Å². The molecule has 0 aliphatic carbocycles. The van der Waals surface area contributed by atoms with Crippen molar-refractivity contribution in [1.82, 2.24) is 10.2 Å². The molecular weight excluding hydrogens is 294 g/mol. The fourth-order valence-electron chi connectivity index (χ4n) is 2.92. The first kappa shape index (κ1) is 18.3. The normalized spacial score (nSPS) is 17.3. The van der Waals surface area contributed by atoms with E-state index in [1.165, 1.54) is 18.2 Å². The van der Waals surface area contributed by atoms with Crippen molar-refractivity contribution in [2.24, 2.45) is 0 Å². The molecule has 1 atom stereocenters. The van der Waals surface area contributed by atoms with Gasteiger partial charge in [0.15, 0.2) is 0 Å². The molecule has 0 unspecified atom stereocenters. The van der Waals surface area contributed by atoms with E-state index < -0.39 is 11.6 Å². The Bertz CT molecular complexity index is 402. The summed E-state index contributed by atoms with van der Waals surface area (Å²) in [5.74, 6) is -0.824. The Morgan fingerprint density at radius 1 is 1.14 bits per heavy atom. The summed E-state index contributed by atoms with van der Waals surface area (Å²) in [6.07, 6.45) is 4.07. The lowest BCUT2D eigenvalue weighted by atomic mass is 9.97. The molecule has 2 nitrogen and oxygen atoms in total. The molecule has 1 fully saturated rings. The van der Waals surface area contributed by atoms with Crippen LogP contribution < -0.4 is 5.32 Å². The van der Waals surface area contributed by atoms with Crippen molar-refractivity contribution in [1.29, 1.82) is 0 Å². The quantitative estimate of drug-likeness (QED) is 0.800. The third-order valence-electron chi connectivity index (χ3n) is 4.01. The van der Waals surface area contributed by atoms with Gasteiger partial charge in [-0.3, -0.25) is 4.90 Å². The summed E-state index contributed by atoms with van der Waals surface area (Å²) in [6.45, 7) is 5.62. The molecule has 0 aromatic heterocycles. The highest BCUT2D eigenvalue weighted by molar-refractivity contribution is 5.85. The van der Waals surface area contributed by atoms with E-state index in [4.69, 9.17) is 0 Å². The first-order chi connectivity index (χ1) is 9.74. The van der Waals surface area contributed by atoms with E-state index in [1.54, 1.807) is 0 Å². The molecule has 5 heteroatoms. The van der Waals surface area contributed by atoms with Crippen LogP contribution in [0.3, 0.4) is 0 Å². The molecule has 21 heavy (non-hydrogen) atoms. The Morgan fingerprint density at radius 3 is 2.33 bits per heavy atom. The van der Waals surface area contributed by atoms with E-state index in [0.717, 1.165) is 51.9 Å². The Hall–Kier alpha value is -0.710. The number of benzene rings is 1. The van der Waals surface area contributed by atoms with Crippen LogP contribution in [0.5, 0.6) is 0 Å². The maximum Gasteiger partial charge on any atom is 0.130 e. The summed E-state index contributed by atoms with van der Waals surface area (Å²) in [7, 11) is 0. The van der Waals surface area contributed by atoms with Gasteiger partial charge in [-0.1, -0.05) is 32.3 Å². The second kappa shape index (κ2) is 9.34. The van der Waals surface area contributed by atoms with Gasteiger partial charge < -0.3 is 5.32 Å². The van der Waals surface area contributed by atoms with Gasteiger partial charge in [0.1, 0.15) is 11.6 Å². The van der Waals surface area contributed by atoms with Crippen molar-refractivity contribution in [2.75, 3.05) is 26.2 Å². The molecule has 1 aromatic rings. The van der Waals surface area contributed by atoms with Crippen molar-refractivity contribution >= 4 is 12.4 Å². The van der Waals surface area contributed by atoms with E-state index in [2.05, 4.69) is 17.1 Å². The Kier molecular flexibility index (Phi) is 8.15. The minimum absolute atomic E-state index is 0. The van der Waals surface area contributed by atoms with E-state index >= 15 is 0 Å². The van der Waals surface area contributed by atoms with Crippen LogP contribution in [0.25, 0.3) is 0 Å². The van der Waals surface area contributed by atoms with Crippen molar-refractivity contribution in [3.8, 4) is 0 Å². The number of hydrogen-bond acceptors (Lipinski definition) is 2. The molecule has 1 aliphatic heterocycles. The predicted octanol–water partition coefficient (Wildman–Crippen LogP) is 3.91. The largest absolute Gasteiger partial charge is 0.314 e. The maximum absolute atomic E-state index is 14.1. The Morgan fingerprint density at radius 2 is 1.76 bits per heavy atom. The molecular formula is C16H25ClF2N2. The summed E-state index contributed by atoms with van der Waals surface area (Å²) < 4.78 is 28.2. The van der Waals surface area contributed by atoms with Crippen LogP contribution in [0, 0.1) is 11.6 Å². The average molecular weight is 319 g/mol. The van der Waals surface area contributed by atoms with Crippen LogP contribution in [0.1, 0.15) is 44.2 Å². The summed E-state index contributed by atoms with van der Waals surface area (Å²) >= 11 is 0. The van der Waals surface area contributed by atoms with Gasteiger partial charge in [-0.25, -0.2) is 8.78 Å². The number of nitrogens with one attached hydrogen (secondary N) is 1. The van der Waals surface area contributed by atoms with Crippen LogP contribution in [0.4, 0.5) is 8.78 Å². The topological polar surface area (TPSA) is 15.3 Å². The lowest BCUT2D eigenvalue weighted by Crippen LogP contribution is -2.45. The van der Waals surface area contributed by atoms with Gasteiger partial charge in [-0.2, -0.15) is 0 Å². The van der Waals surface area contributed by atoms with Gasteiger partial charge in [0.2, 0.25) is 0 Å². The summed E-state index contributed by atoms with van der Waals surface area (Å²) in [4.78, 5) is 2.22. The zero-order valence-electron chi connectivity index (χ0n) is 12.6. The zero-order chi connectivity index (χ0) is 14.4.